The Morgan fingerprint density at radius 1 is 1.08 bits per heavy atom. The number of hydrogen-bond donors (Lipinski definition) is 1. The number of benzene rings is 1. The Hall–Kier alpha value is -0.970. The van der Waals surface area contributed by atoms with E-state index in [1.54, 1.807) is 0 Å². The maximum atomic E-state index is 3.06. The van der Waals surface area contributed by atoms with Crippen LogP contribution in [0.1, 0.15) is 5.56 Å². The summed E-state index contributed by atoms with van der Waals surface area (Å²) in [6, 6.07) is 13.0. The quantitative estimate of drug-likeness (QED) is 0.411. The zero-order valence-electron chi connectivity index (χ0n) is 7.26. The zero-order chi connectivity index (χ0) is 8.10. The molecule has 64 valence electrons. The third-order valence-electron chi connectivity index (χ3n) is 1.23. The van der Waals surface area contributed by atoms with Crippen molar-refractivity contribution in [3.63, 3.8) is 0 Å². The van der Waals surface area contributed by atoms with Crippen molar-refractivity contribution in [3.8, 4) is 12.0 Å². The molecule has 1 aromatic carbocycles. The van der Waals surface area contributed by atoms with E-state index in [1.165, 1.54) is 0 Å². The number of rotatable bonds is 0. The van der Waals surface area contributed by atoms with Gasteiger partial charge in [-0.1, -0.05) is 18.2 Å². The minimum Gasteiger partial charge on any atom is -1.00 e. The summed E-state index contributed by atoms with van der Waals surface area (Å²) in [7, 11) is 4.02. The average molecular weight is 182 g/mol. The van der Waals surface area contributed by atoms with Crippen LogP contribution in [-0.4, -0.2) is 14.1 Å². The van der Waals surface area contributed by atoms with E-state index in [1.807, 2.05) is 44.4 Å². The van der Waals surface area contributed by atoms with Crippen LogP contribution in [0.5, 0.6) is 0 Å². The molecule has 0 saturated heterocycles. The Labute approximate surface area is 79.8 Å². The highest BCUT2D eigenvalue weighted by Crippen LogP contribution is 1.93. The number of quaternary nitrogens is 1. The van der Waals surface area contributed by atoms with Gasteiger partial charge < -0.3 is 12.4 Å². The number of hydrogen-bond acceptors (Lipinski definition) is 0. The highest BCUT2D eigenvalue weighted by molar-refractivity contribution is 5.31. The molecule has 0 aliphatic heterocycles. The van der Waals surface area contributed by atoms with Crippen molar-refractivity contribution in [2.75, 3.05) is 14.1 Å². The Morgan fingerprint density at radius 2 is 1.67 bits per heavy atom. The first-order valence-corrected chi connectivity index (χ1v) is 3.66. The summed E-state index contributed by atoms with van der Waals surface area (Å²) < 4.78 is 0. The molecule has 0 aliphatic rings. The molecule has 1 N–H and O–H groups in total. The molecule has 0 aliphatic carbocycles. The lowest BCUT2D eigenvalue weighted by molar-refractivity contribution is -0.783. The lowest BCUT2D eigenvalue weighted by atomic mass is 10.2. The Bertz CT molecular complexity index is 269. The van der Waals surface area contributed by atoms with E-state index < -0.39 is 0 Å². The van der Waals surface area contributed by atoms with Gasteiger partial charge in [0.25, 0.3) is 0 Å². The van der Waals surface area contributed by atoms with Crippen LogP contribution in [0.15, 0.2) is 30.3 Å². The molecule has 0 aromatic heterocycles. The zero-order valence-corrected chi connectivity index (χ0v) is 8.02. The molecule has 2 heteroatoms. The predicted molar refractivity (Wildman–Crippen MR) is 46.1 cm³/mol. The van der Waals surface area contributed by atoms with Gasteiger partial charge in [-0.05, 0) is 18.1 Å². The van der Waals surface area contributed by atoms with Gasteiger partial charge in [0.05, 0.1) is 14.1 Å². The van der Waals surface area contributed by atoms with E-state index in [-0.39, 0.29) is 12.4 Å². The maximum absolute atomic E-state index is 3.06. The molecule has 0 heterocycles. The van der Waals surface area contributed by atoms with Gasteiger partial charge >= 0.3 is 0 Å². The van der Waals surface area contributed by atoms with Gasteiger partial charge in [0.1, 0.15) is 6.04 Å². The van der Waals surface area contributed by atoms with Crippen molar-refractivity contribution < 1.29 is 17.3 Å². The van der Waals surface area contributed by atoms with Crippen molar-refractivity contribution in [1.29, 1.82) is 0 Å². The van der Waals surface area contributed by atoms with E-state index in [9.17, 15) is 0 Å². The predicted octanol–water partition coefficient (Wildman–Crippen LogP) is -2.86. The molecule has 0 unspecified atom stereocenters. The van der Waals surface area contributed by atoms with Gasteiger partial charge in [0, 0.05) is 5.56 Å². The van der Waals surface area contributed by atoms with Gasteiger partial charge in [-0.25, -0.2) is 0 Å². The second-order valence-electron chi connectivity index (χ2n) is 2.62. The second kappa shape index (κ2) is 5.65. The lowest BCUT2D eigenvalue weighted by Crippen LogP contribution is -3.01. The van der Waals surface area contributed by atoms with Crippen LogP contribution in [0, 0.1) is 12.0 Å². The number of halogens is 1. The van der Waals surface area contributed by atoms with Crippen LogP contribution in [0.4, 0.5) is 0 Å². The SMILES string of the molecule is C[NH+](C)C#Cc1ccccc1.[Cl-]. The molecule has 0 bridgehead atoms. The summed E-state index contributed by atoms with van der Waals surface area (Å²) in [6.07, 6.45) is 0. The molecule has 1 nitrogen and oxygen atoms in total. The van der Waals surface area contributed by atoms with Crippen LogP contribution >= 0.6 is 0 Å². The smallest absolute Gasteiger partial charge is 0.140 e. The Kier molecular flexibility index (Phi) is 5.19. The molecule has 0 amide bonds. The van der Waals surface area contributed by atoms with Crippen molar-refractivity contribution in [1.82, 2.24) is 0 Å². The van der Waals surface area contributed by atoms with E-state index >= 15 is 0 Å². The van der Waals surface area contributed by atoms with Gasteiger partial charge in [-0.15, -0.1) is 0 Å². The second-order valence-corrected chi connectivity index (χ2v) is 2.62. The average Bonchev–Trinajstić information content (AvgIpc) is 2.03. The summed E-state index contributed by atoms with van der Waals surface area (Å²) in [6.45, 7) is 0. The van der Waals surface area contributed by atoms with Crippen LogP contribution in [0.3, 0.4) is 0 Å². The van der Waals surface area contributed by atoms with Gasteiger partial charge in [-0.2, -0.15) is 0 Å². The largest absolute Gasteiger partial charge is 1.00 e. The van der Waals surface area contributed by atoms with E-state index in [2.05, 4.69) is 12.0 Å². The third-order valence-corrected chi connectivity index (χ3v) is 1.23. The molecule has 0 spiro atoms. The van der Waals surface area contributed by atoms with Gasteiger partial charge in [0.15, 0.2) is 0 Å². The fourth-order valence-electron chi connectivity index (χ4n) is 0.719. The van der Waals surface area contributed by atoms with Crippen molar-refractivity contribution >= 4 is 0 Å². The normalized spacial score (nSPS) is 8.25. The summed E-state index contributed by atoms with van der Waals surface area (Å²) in [5, 5.41) is 0. The molecular formula is C10H12ClN. The first-order valence-electron chi connectivity index (χ1n) is 3.66. The van der Waals surface area contributed by atoms with E-state index in [0.717, 1.165) is 10.5 Å². The standard InChI is InChI=1S/C10H11N.ClH/c1-11(2)9-8-10-6-4-3-5-7-10;/h3-7H,1-2H3;1H. The maximum Gasteiger partial charge on any atom is 0.140 e. The van der Waals surface area contributed by atoms with E-state index in [4.69, 9.17) is 0 Å². The molecule has 0 fully saturated rings. The molecule has 12 heavy (non-hydrogen) atoms. The molecule has 1 aromatic rings. The minimum absolute atomic E-state index is 0. The van der Waals surface area contributed by atoms with Gasteiger partial charge in [-0.3, -0.25) is 4.90 Å². The Balaban J connectivity index is 0.00000121. The first kappa shape index (κ1) is 11.0. The van der Waals surface area contributed by atoms with Crippen molar-refractivity contribution in [3.05, 3.63) is 35.9 Å². The highest BCUT2D eigenvalue weighted by atomic mass is 35.5. The van der Waals surface area contributed by atoms with Crippen LogP contribution in [0.2, 0.25) is 0 Å². The number of nitrogens with one attached hydrogen (secondary N) is 1. The molecule has 1 rings (SSSR count). The summed E-state index contributed by atoms with van der Waals surface area (Å²) >= 11 is 0. The molecular weight excluding hydrogens is 170 g/mol. The highest BCUT2D eigenvalue weighted by Gasteiger charge is 1.83. The first-order chi connectivity index (χ1) is 5.29. The fraction of sp³-hybridized carbons (Fsp3) is 0.200. The van der Waals surface area contributed by atoms with Crippen LogP contribution in [-0.2, 0) is 0 Å². The minimum atomic E-state index is 0. The molecule has 0 saturated carbocycles. The third kappa shape index (κ3) is 4.02. The lowest BCUT2D eigenvalue weighted by Gasteiger charge is -1.90. The van der Waals surface area contributed by atoms with Crippen LogP contribution in [0.25, 0.3) is 0 Å². The molecule has 0 atom stereocenters. The summed E-state index contributed by atoms with van der Waals surface area (Å²) in [5.41, 5.74) is 1.08. The van der Waals surface area contributed by atoms with E-state index in [0.29, 0.717) is 0 Å². The van der Waals surface area contributed by atoms with Crippen LogP contribution < -0.4 is 17.3 Å². The Morgan fingerprint density at radius 3 is 2.17 bits per heavy atom. The van der Waals surface area contributed by atoms with Gasteiger partial charge in [0.2, 0.25) is 0 Å². The fourth-order valence-corrected chi connectivity index (χ4v) is 0.719. The summed E-state index contributed by atoms with van der Waals surface area (Å²) in [5.74, 6) is 3.06. The monoisotopic (exact) mass is 181 g/mol. The topological polar surface area (TPSA) is 4.44 Å². The molecule has 0 radical (unpaired) electrons. The van der Waals surface area contributed by atoms with Crippen molar-refractivity contribution in [2.45, 2.75) is 0 Å². The van der Waals surface area contributed by atoms with Crippen molar-refractivity contribution in [2.24, 2.45) is 0 Å². The summed E-state index contributed by atoms with van der Waals surface area (Å²) in [4.78, 5) is 1.15.